The lowest BCUT2D eigenvalue weighted by Gasteiger charge is -1.98. The van der Waals surface area contributed by atoms with Crippen LogP contribution in [0.3, 0.4) is 0 Å². The Bertz CT molecular complexity index is 436. The summed E-state index contributed by atoms with van der Waals surface area (Å²) in [6.45, 7) is 0.631. The van der Waals surface area contributed by atoms with Gasteiger partial charge in [-0.25, -0.2) is 13.2 Å². The number of benzene rings is 1. The van der Waals surface area contributed by atoms with Crippen molar-refractivity contribution in [1.29, 1.82) is 0 Å². The van der Waals surface area contributed by atoms with E-state index in [2.05, 4.69) is 6.92 Å². The Balaban J connectivity index is 0.000000422. The zero-order valence-electron chi connectivity index (χ0n) is 13.8. The summed E-state index contributed by atoms with van der Waals surface area (Å²) in [5.74, 6) is -1.34. The second-order valence-corrected chi connectivity index (χ2v) is 5.46. The maximum atomic E-state index is 12.6. The van der Waals surface area contributed by atoms with E-state index < -0.39 is 25.1 Å². The fourth-order valence-electron chi connectivity index (χ4n) is 2.02. The molecular weight excluding hydrogens is 305 g/mol. The SMILES string of the molecule is CCCCCCCCCC(=O)O.FCc1ccc(CF)c(F)c1. The molecule has 0 radical (unpaired) electrons. The number of halogens is 3. The Hall–Kier alpha value is -1.52. The lowest BCUT2D eigenvalue weighted by Crippen LogP contribution is -1.93. The molecule has 1 rings (SSSR count). The molecule has 0 unspecified atom stereocenters. The number of rotatable bonds is 10. The standard InChI is InChI=1S/C10H20O2.C8H7F3/c1-2-3-4-5-6-7-8-9-10(11)12;9-4-6-1-2-7(5-10)8(11)3-6/h2-9H2,1H3,(H,11,12);1-3H,4-5H2. The molecule has 0 heterocycles. The van der Waals surface area contributed by atoms with Crippen molar-refractivity contribution in [3.8, 4) is 0 Å². The second kappa shape index (κ2) is 14.1. The summed E-state index contributed by atoms with van der Waals surface area (Å²) in [4.78, 5) is 10.1. The molecule has 0 atom stereocenters. The highest BCUT2D eigenvalue weighted by Gasteiger charge is 2.01. The van der Waals surface area contributed by atoms with Crippen molar-refractivity contribution in [2.45, 2.75) is 71.6 Å². The van der Waals surface area contributed by atoms with E-state index in [9.17, 15) is 18.0 Å². The molecule has 0 bridgehead atoms. The van der Waals surface area contributed by atoms with E-state index in [-0.39, 0.29) is 11.1 Å². The average Bonchev–Trinajstić information content (AvgIpc) is 2.54. The van der Waals surface area contributed by atoms with Gasteiger partial charge in [-0.2, -0.15) is 0 Å². The van der Waals surface area contributed by atoms with Crippen LogP contribution in [-0.2, 0) is 18.1 Å². The zero-order chi connectivity index (χ0) is 17.5. The van der Waals surface area contributed by atoms with E-state index in [1.54, 1.807) is 0 Å². The molecule has 0 aliphatic rings. The highest BCUT2D eigenvalue weighted by atomic mass is 19.1. The lowest BCUT2D eigenvalue weighted by atomic mass is 10.1. The highest BCUT2D eigenvalue weighted by Crippen LogP contribution is 2.12. The van der Waals surface area contributed by atoms with E-state index in [1.165, 1.54) is 44.2 Å². The van der Waals surface area contributed by atoms with Gasteiger partial charge in [0.1, 0.15) is 19.2 Å². The summed E-state index contributed by atoms with van der Waals surface area (Å²) in [6, 6.07) is 3.64. The van der Waals surface area contributed by atoms with Gasteiger partial charge < -0.3 is 5.11 Å². The third-order valence-corrected chi connectivity index (χ3v) is 3.41. The Morgan fingerprint density at radius 1 is 1.00 bits per heavy atom. The fraction of sp³-hybridized carbons (Fsp3) is 0.611. The van der Waals surface area contributed by atoms with Gasteiger partial charge in [-0.15, -0.1) is 0 Å². The van der Waals surface area contributed by atoms with Gasteiger partial charge in [0.15, 0.2) is 0 Å². The maximum Gasteiger partial charge on any atom is 0.303 e. The van der Waals surface area contributed by atoms with Crippen LogP contribution in [0.4, 0.5) is 13.2 Å². The van der Waals surface area contributed by atoms with E-state index in [1.807, 2.05) is 0 Å². The van der Waals surface area contributed by atoms with Crippen molar-refractivity contribution < 1.29 is 23.1 Å². The van der Waals surface area contributed by atoms with E-state index in [0.29, 0.717) is 6.42 Å². The number of carbonyl (C=O) groups is 1. The molecule has 0 saturated heterocycles. The quantitative estimate of drug-likeness (QED) is 0.535. The van der Waals surface area contributed by atoms with Crippen LogP contribution in [-0.4, -0.2) is 11.1 Å². The van der Waals surface area contributed by atoms with Gasteiger partial charge in [-0.1, -0.05) is 57.6 Å². The molecule has 0 aliphatic heterocycles. The summed E-state index contributed by atoms with van der Waals surface area (Å²) in [6.07, 6.45) is 8.64. The normalized spacial score (nSPS) is 10.1. The van der Waals surface area contributed by atoms with Crippen LogP contribution in [0.1, 0.15) is 69.4 Å². The molecule has 5 heteroatoms. The molecule has 0 aliphatic carbocycles. The molecule has 132 valence electrons. The largest absolute Gasteiger partial charge is 0.481 e. The number of hydrogen-bond donors (Lipinski definition) is 1. The van der Waals surface area contributed by atoms with Crippen LogP contribution in [0, 0.1) is 5.82 Å². The van der Waals surface area contributed by atoms with Gasteiger partial charge in [-0.05, 0) is 18.1 Å². The van der Waals surface area contributed by atoms with Crippen molar-refractivity contribution in [2.24, 2.45) is 0 Å². The number of alkyl halides is 2. The van der Waals surface area contributed by atoms with Crippen LogP contribution < -0.4 is 0 Å². The first-order chi connectivity index (χ1) is 11.0. The lowest BCUT2D eigenvalue weighted by molar-refractivity contribution is -0.137. The Morgan fingerprint density at radius 3 is 2.09 bits per heavy atom. The van der Waals surface area contributed by atoms with Gasteiger partial charge in [0.05, 0.1) is 0 Å². The minimum absolute atomic E-state index is 0.0257. The number of hydrogen-bond acceptors (Lipinski definition) is 1. The van der Waals surface area contributed by atoms with Crippen LogP contribution in [0.5, 0.6) is 0 Å². The first-order valence-electron chi connectivity index (χ1n) is 8.16. The summed E-state index contributed by atoms with van der Waals surface area (Å²) < 4.78 is 36.4. The number of unbranched alkanes of at least 4 members (excludes halogenated alkanes) is 6. The smallest absolute Gasteiger partial charge is 0.303 e. The fourth-order valence-corrected chi connectivity index (χ4v) is 2.02. The monoisotopic (exact) mass is 332 g/mol. The summed E-state index contributed by atoms with van der Waals surface area (Å²) in [5, 5.41) is 8.35. The van der Waals surface area contributed by atoms with Crippen molar-refractivity contribution in [3.05, 3.63) is 35.1 Å². The predicted octanol–water partition coefficient (Wildman–Crippen LogP) is 5.98. The van der Waals surface area contributed by atoms with E-state index in [4.69, 9.17) is 5.11 Å². The summed E-state index contributed by atoms with van der Waals surface area (Å²) in [5.41, 5.74) is 0.210. The van der Waals surface area contributed by atoms with Crippen molar-refractivity contribution >= 4 is 5.97 Å². The molecule has 0 spiro atoms. The van der Waals surface area contributed by atoms with Crippen molar-refractivity contribution in [2.75, 3.05) is 0 Å². The molecule has 0 amide bonds. The van der Waals surface area contributed by atoms with Gasteiger partial charge in [0, 0.05) is 12.0 Å². The minimum atomic E-state index is -0.849. The Labute approximate surface area is 136 Å². The minimum Gasteiger partial charge on any atom is -0.481 e. The predicted molar refractivity (Wildman–Crippen MR) is 86.3 cm³/mol. The highest BCUT2D eigenvalue weighted by molar-refractivity contribution is 5.66. The molecule has 1 N–H and O–H groups in total. The number of carboxylic acids is 1. The molecule has 23 heavy (non-hydrogen) atoms. The van der Waals surface area contributed by atoms with Crippen LogP contribution >= 0.6 is 0 Å². The van der Waals surface area contributed by atoms with Crippen LogP contribution in [0.2, 0.25) is 0 Å². The van der Waals surface area contributed by atoms with Crippen LogP contribution in [0.15, 0.2) is 18.2 Å². The molecular formula is C18H27F3O2. The molecule has 0 fully saturated rings. The first-order valence-corrected chi connectivity index (χ1v) is 8.16. The first kappa shape index (κ1) is 21.5. The molecule has 0 saturated carbocycles. The average molecular weight is 332 g/mol. The summed E-state index contributed by atoms with van der Waals surface area (Å²) >= 11 is 0. The van der Waals surface area contributed by atoms with Gasteiger partial charge in [0.25, 0.3) is 0 Å². The van der Waals surface area contributed by atoms with Gasteiger partial charge in [-0.3, -0.25) is 4.79 Å². The molecule has 2 nitrogen and oxygen atoms in total. The molecule has 1 aromatic rings. The number of aliphatic carboxylic acids is 1. The van der Waals surface area contributed by atoms with E-state index >= 15 is 0 Å². The molecule has 0 aromatic heterocycles. The zero-order valence-corrected chi connectivity index (χ0v) is 13.8. The van der Waals surface area contributed by atoms with Gasteiger partial charge >= 0.3 is 5.97 Å². The third kappa shape index (κ3) is 11.7. The third-order valence-electron chi connectivity index (χ3n) is 3.41. The van der Waals surface area contributed by atoms with Crippen molar-refractivity contribution in [3.63, 3.8) is 0 Å². The Kier molecular flexibility index (Phi) is 13.2. The molecule has 1 aromatic carbocycles. The second-order valence-electron chi connectivity index (χ2n) is 5.46. The van der Waals surface area contributed by atoms with Crippen molar-refractivity contribution in [1.82, 2.24) is 0 Å². The topological polar surface area (TPSA) is 37.3 Å². The van der Waals surface area contributed by atoms with Gasteiger partial charge in [0.2, 0.25) is 0 Å². The summed E-state index contributed by atoms with van der Waals surface area (Å²) in [7, 11) is 0. The van der Waals surface area contributed by atoms with Crippen LogP contribution in [0.25, 0.3) is 0 Å². The van der Waals surface area contributed by atoms with E-state index in [0.717, 1.165) is 18.9 Å². The number of carboxylic acid groups (broad SMARTS) is 1. The maximum absolute atomic E-state index is 12.6. The Morgan fingerprint density at radius 2 is 1.61 bits per heavy atom.